The van der Waals surface area contributed by atoms with E-state index in [0.29, 0.717) is 12.8 Å². The number of isocyanates is 4. The number of carbonyl (C=O) groups excluding carboxylic acids is 4. The summed E-state index contributed by atoms with van der Waals surface area (Å²) in [6.45, 7) is 0. The molecule has 0 radical (unpaired) electrons. The first-order chi connectivity index (χ1) is 11.8. The molecule has 0 aromatic rings. The van der Waals surface area contributed by atoms with Crippen molar-refractivity contribution in [3.63, 3.8) is 0 Å². The van der Waals surface area contributed by atoms with Crippen molar-refractivity contribution in [3.8, 4) is 0 Å². The van der Waals surface area contributed by atoms with Crippen LogP contribution in [0.15, 0.2) is 20.0 Å². The zero-order chi connectivity index (χ0) is 17.9. The van der Waals surface area contributed by atoms with E-state index < -0.39 is 12.3 Å². The van der Waals surface area contributed by atoms with Crippen LogP contribution in [-0.2, 0) is 19.2 Å². The molecule has 0 spiro atoms. The van der Waals surface area contributed by atoms with Crippen molar-refractivity contribution in [1.82, 2.24) is 0 Å². The van der Waals surface area contributed by atoms with Gasteiger partial charge in [0.05, 0.1) is 0 Å². The van der Waals surface area contributed by atoms with Gasteiger partial charge in [0.1, 0.15) is 0 Å². The molecule has 0 aliphatic carbocycles. The summed E-state index contributed by atoms with van der Waals surface area (Å²) in [7, 11) is 0. The van der Waals surface area contributed by atoms with E-state index >= 15 is 0 Å². The van der Waals surface area contributed by atoms with Gasteiger partial charge in [-0.2, -0.15) is 20.0 Å². The lowest BCUT2D eigenvalue weighted by Gasteiger charge is -2.05. The highest BCUT2D eigenvalue weighted by molar-refractivity contribution is 5.37. The van der Waals surface area contributed by atoms with Gasteiger partial charge >= 0.3 is 0 Å². The number of aliphatic imine (C=N–C) groups is 4. The van der Waals surface area contributed by atoms with Crippen LogP contribution in [0, 0.1) is 0 Å². The van der Waals surface area contributed by atoms with Crippen LogP contribution in [0.3, 0.4) is 0 Å². The van der Waals surface area contributed by atoms with Crippen LogP contribution < -0.4 is 0 Å². The zero-order valence-electron chi connectivity index (χ0n) is 13.6. The number of hydrogen-bond acceptors (Lipinski definition) is 8. The second-order valence-corrected chi connectivity index (χ2v) is 5.25. The van der Waals surface area contributed by atoms with Gasteiger partial charge in [-0.15, -0.1) is 0 Å². The van der Waals surface area contributed by atoms with Crippen molar-refractivity contribution in [2.45, 2.75) is 76.5 Å². The minimum absolute atomic E-state index is 0.556. The van der Waals surface area contributed by atoms with E-state index in [4.69, 9.17) is 0 Å². The third-order valence-corrected chi connectivity index (χ3v) is 3.48. The largest absolute Gasteiger partial charge is 0.237 e. The molecule has 0 heterocycles. The molecule has 130 valence electrons. The monoisotopic (exact) mass is 334 g/mol. The molecule has 0 aromatic heterocycles. The zero-order valence-corrected chi connectivity index (χ0v) is 13.6. The van der Waals surface area contributed by atoms with E-state index in [9.17, 15) is 19.2 Å². The van der Waals surface area contributed by atoms with E-state index in [-0.39, 0.29) is 0 Å². The Balaban J connectivity index is 3.57. The Bertz CT molecular complexity index is 442. The lowest BCUT2D eigenvalue weighted by Crippen LogP contribution is -2.00. The van der Waals surface area contributed by atoms with Crippen molar-refractivity contribution >= 4 is 24.3 Å². The van der Waals surface area contributed by atoms with Gasteiger partial charge in [-0.05, 0) is 25.7 Å². The van der Waals surface area contributed by atoms with Gasteiger partial charge in [0.2, 0.25) is 24.3 Å². The Morgan fingerprint density at radius 2 is 0.708 bits per heavy atom. The van der Waals surface area contributed by atoms with Gasteiger partial charge in [0.25, 0.3) is 0 Å². The van der Waals surface area contributed by atoms with Gasteiger partial charge in [-0.25, -0.2) is 19.2 Å². The predicted molar refractivity (Wildman–Crippen MR) is 86.2 cm³/mol. The fourth-order valence-corrected chi connectivity index (χ4v) is 2.27. The highest BCUT2D eigenvalue weighted by Gasteiger charge is 2.04. The molecule has 0 saturated heterocycles. The molecule has 8 nitrogen and oxygen atoms in total. The average Bonchev–Trinajstić information content (AvgIpc) is 2.57. The summed E-state index contributed by atoms with van der Waals surface area (Å²) in [6, 6.07) is 0. The molecule has 0 unspecified atom stereocenters. The quantitative estimate of drug-likeness (QED) is 0.260. The van der Waals surface area contributed by atoms with E-state index in [2.05, 4.69) is 20.0 Å². The molecule has 0 amide bonds. The molecule has 0 aliphatic rings. The second kappa shape index (κ2) is 16.9. The summed E-state index contributed by atoms with van der Waals surface area (Å²) in [4.78, 5) is 54.2. The Labute approximate surface area is 140 Å². The lowest BCUT2D eigenvalue weighted by molar-refractivity contribution is 0.505. The molecule has 24 heavy (non-hydrogen) atoms. The van der Waals surface area contributed by atoms with Crippen molar-refractivity contribution in [2.75, 3.05) is 0 Å². The van der Waals surface area contributed by atoms with Crippen LogP contribution in [0.2, 0.25) is 0 Å². The summed E-state index contributed by atoms with van der Waals surface area (Å²) in [6.07, 6.45) is 13.4. The average molecular weight is 334 g/mol. The Kier molecular flexibility index (Phi) is 15.1. The smallest absolute Gasteiger partial charge is 0.211 e. The van der Waals surface area contributed by atoms with Crippen LogP contribution in [0.5, 0.6) is 0 Å². The minimum Gasteiger partial charge on any atom is -0.211 e. The fourth-order valence-electron chi connectivity index (χ4n) is 2.27. The van der Waals surface area contributed by atoms with Crippen LogP contribution in [0.1, 0.15) is 64.2 Å². The summed E-state index contributed by atoms with van der Waals surface area (Å²) in [5, 5.41) is 0. The van der Waals surface area contributed by atoms with Gasteiger partial charge in [-0.3, -0.25) is 0 Å². The standard InChI is InChI=1S/C16H22N4O4/c21-11-17-15(18-12-22)9-7-5-3-1-2-4-6-8-10-16(19-13-23)20-14-24/h15-16H,1-10H2. The number of hydrogen-bond donors (Lipinski definition) is 0. The van der Waals surface area contributed by atoms with E-state index in [0.717, 1.165) is 51.4 Å². The molecule has 0 atom stereocenters. The summed E-state index contributed by atoms with van der Waals surface area (Å²) in [5.74, 6) is 0. The SMILES string of the molecule is O=C=NC(CCCCCCCCCCC(N=C=O)N=C=O)N=C=O. The van der Waals surface area contributed by atoms with Gasteiger partial charge in [-0.1, -0.05) is 38.5 Å². The van der Waals surface area contributed by atoms with E-state index in [1.54, 1.807) is 0 Å². The Morgan fingerprint density at radius 1 is 0.458 bits per heavy atom. The molecular weight excluding hydrogens is 312 g/mol. The second-order valence-electron chi connectivity index (χ2n) is 5.25. The van der Waals surface area contributed by atoms with Gasteiger partial charge in [0.15, 0.2) is 12.3 Å². The molecule has 0 aromatic carbocycles. The summed E-state index contributed by atoms with van der Waals surface area (Å²) in [5.41, 5.74) is 0. The number of unbranched alkanes of at least 4 members (excludes halogenated alkanes) is 7. The summed E-state index contributed by atoms with van der Waals surface area (Å²) < 4.78 is 0. The number of nitrogens with zero attached hydrogens (tertiary/aromatic N) is 4. The van der Waals surface area contributed by atoms with Gasteiger partial charge in [0, 0.05) is 0 Å². The first-order valence-corrected chi connectivity index (χ1v) is 8.06. The topological polar surface area (TPSA) is 118 Å². The third kappa shape index (κ3) is 13.2. The molecule has 0 fully saturated rings. The maximum atomic E-state index is 10.1. The maximum absolute atomic E-state index is 10.1. The van der Waals surface area contributed by atoms with Crippen LogP contribution in [0.4, 0.5) is 0 Å². The lowest BCUT2D eigenvalue weighted by atomic mass is 10.1. The first-order valence-electron chi connectivity index (χ1n) is 8.06. The third-order valence-electron chi connectivity index (χ3n) is 3.48. The molecule has 0 bridgehead atoms. The van der Waals surface area contributed by atoms with Crippen LogP contribution in [0.25, 0.3) is 0 Å². The summed E-state index contributed by atoms with van der Waals surface area (Å²) >= 11 is 0. The first kappa shape index (κ1) is 21.5. The molecule has 0 N–H and O–H groups in total. The van der Waals surface area contributed by atoms with E-state index in [1.807, 2.05) is 0 Å². The van der Waals surface area contributed by atoms with Crippen LogP contribution in [-0.4, -0.2) is 36.7 Å². The molecule has 0 aliphatic heterocycles. The highest BCUT2D eigenvalue weighted by Crippen LogP contribution is 2.13. The van der Waals surface area contributed by atoms with E-state index in [1.165, 1.54) is 24.3 Å². The Morgan fingerprint density at radius 3 is 0.958 bits per heavy atom. The molecule has 0 rings (SSSR count). The van der Waals surface area contributed by atoms with Crippen molar-refractivity contribution in [1.29, 1.82) is 0 Å². The van der Waals surface area contributed by atoms with Crippen molar-refractivity contribution in [3.05, 3.63) is 0 Å². The maximum Gasteiger partial charge on any atom is 0.237 e. The van der Waals surface area contributed by atoms with Crippen molar-refractivity contribution < 1.29 is 19.2 Å². The van der Waals surface area contributed by atoms with Crippen molar-refractivity contribution in [2.24, 2.45) is 20.0 Å². The highest BCUT2D eigenvalue weighted by atomic mass is 16.1. The molecule has 0 saturated carbocycles. The molecule has 8 heteroatoms. The normalized spacial score (nSPS) is 11.8. The minimum atomic E-state index is -0.643. The fraction of sp³-hybridized carbons (Fsp3) is 0.750. The predicted octanol–water partition coefficient (Wildman–Crippen LogP) is 2.88. The van der Waals surface area contributed by atoms with Crippen LogP contribution >= 0.6 is 0 Å². The Hall–Kier alpha value is -2.48. The van der Waals surface area contributed by atoms with Gasteiger partial charge < -0.3 is 0 Å². The molecular formula is C16H22N4O4. The number of rotatable bonds is 15.